The number of aryl methyl sites for hydroxylation is 2. The van der Waals surface area contributed by atoms with Gasteiger partial charge in [0.1, 0.15) is 11.6 Å². The Hall–Kier alpha value is -4.50. The highest BCUT2D eigenvalue weighted by molar-refractivity contribution is 5.87. The van der Waals surface area contributed by atoms with Crippen molar-refractivity contribution in [1.82, 2.24) is 24.1 Å². The van der Waals surface area contributed by atoms with Crippen molar-refractivity contribution in [1.29, 1.82) is 0 Å². The first-order valence-corrected chi connectivity index (χ1v) is 11.9. The monoisotopic (exact) mass is 497 g/mol. The van der Waals surface area contributed by atoms with E-state index in [9.17, 15) is 9.18 Å². The fourth-order valence-corrected chi connectivity index (χ4v) is 4.81. The first kappa shape index (κ1) is 22.9. The van der Waals surface area contributed by atoms with Crippen LogP contribution in [0.3, 0.4) is 0 Å². The number of rotatable bonds is 7. The lowest BCUT2D eigenvalue weighted by atomic mass is 10.1. The summed E-state index contributed by atoms with van der Waals surface area (Å²) in [4.78, 5) is 21.3. The van der Waals surface area contributed by atoms with Crippen molar-refractivity contribution in [3.8, 4) is 16.9 Å². The van der Waals surface area contributed by atoms with Crippen LogP contribution in [0, 0.1) is 5.82 Å². The van der Waals surface area contributed by atoms with Gasteiger partial charge in [-0.05, 0) is 53.9 Å². The van der Waals surface area contributed by atoms with E-state index in [1.165, 1.54) is 12.1 Å². The molecule has 4 heterocycles. The number of halogens is 1. The van der Waals surface area contributed by atoms with E-state index in [2.05, 4.69) is 9.97 Å². The van der Waals surface area contributed by atoms with Gasteiger partial charge in [0.05, 0.1) is 35.9 Å². The molecule has 0 fully saturated rings. The van der Waals surface area contributed by atoms with Crippen LogP contribution in [0.15, 0.2) is 71.9 Å². The molecule has 186 valence electrons. The van der Waals surface area contributed by atoms with E-state index in [4.69, 9.17) is 14.6 Å². The van der Waals surface area contributed by atoms with Gasteiger partial charge in [0.25, 0.3) is 5.56 Å². The number of nitrogens with one attached hydrogen (secondary N) is 1. The highest BCUT2D eigenvalue weighted by Crippen LogP contribution is 2.30. The smallest absolute Gasteiger partial charge is 0.261 e. The molecule has 0 bridgehead atoms. The zero-order valence-corrected chi connectivity index (χ0v) is 20.4. The summed E-state index contributed by atoms with van der Waals surface area (Å²) in [5, 5.41) is 6.25. The Balaban J connectivity index is 1.39. The van der Waals surface area contributed by atoms with Gasteiger partial charge in [0.15, 0.2) is 5.65 Å². The zero-order chi connectivity index (χ0) is 25.5. The summed E-state index contributed by atoms with van der Waals surface area (Å²) in [6, 6.07) is 14.0. The Kier molecular flexibility index (Phi) is 5.69. The predicted octanol–water partition coefficient (Wildman–Crippen LogP) is 4.73. The largest absolute Gasteiger partial charge is 0.497 e. The quantitative estimate of drug-likeness (QED) is 0.345. The second kappa shape index (κ2) is 9.18. The molecule has 0 spiro atoms. The van der Waals surface area contributed by atoms with Gasteiger partial charge in [-0.1, -0.05) is 12.1 Å². The van der Waals surface area contributed by atoms with Crippen molar-refractivity contribution in [3.63, 3.8) is 0 Å². The molecule has 0 saturated carbocycles. The average molecular weight is 498 g/mol. The van der Waals surface area contributed by atoms with Gasteiger partial charge in [0.2, 0.25) is 0 Å². The molecule has 0 aliphatic rings. The van der Waals surface area contributed by atoms with E-state index in [-0.39, 0.29) is 18.0 Å². The van der Waals surface area contributed by atoms with Crippen LogP contribution in [0.1, 0.15) is 11.3 Å². The summed E-state index contributed by atoms with van der Waals surface area (Å²) in [5.74, 6) is 0.470. The third-order valence-corrected chi connectivity index (χ3v) is 6.67. The van der Waals surface area contributed by atoms with Crippen LogP contribution < -0.4 is 10.3 Å². The number of nitrogens with zero attached hydrogens (tertiary/aromatic N) is 4. The molecule has 6 rings (SSSR count). The maximum Gasteiger partial charge on any atom is 0.261 e. The minimum atomic E-state index is -0.320. The summed E-state index contributed by atoms with van der Waals surface area (Å²) in [6.45, 7) is 0.760. The molecule has 0 aliphatic heterocycles. The van der Waals surface area contributed by atoms with Crippen LogP contribution in [0.5, 0.6) is 5.75 Å². The van der Waals surface area contributed by atoms with Gasteiger partial charge in [-0.25, -0.2) is 13.9 Å². The zero-order valence-electron chi connectivity index (χ0n) is 20.4. The molecule has 0 saturated heterocycles. The van der Waals surface area contributed by atoms with Crippen molar-refractivity contribution in [2.75, 3.05) is 14.2 Å². The minimum absolute atomic E-state index is 0.142. The molecule has 4 aromatic heterocycles. The molecule has 0 atom stereocenters. The van der Waals surface area contributed by atoms with Crippen LogP contribution in [-0.2, 0) is 24.3 Å². The van der Waals surface area contributed by atoms with Crippen LogP contribution in [-0.4, -0.2) is 38.4 Å². The third-order valence-electron chi connectivity index (χ3n) is 6.67. The van der Waals surface area contributed by atoms with Crippen LogP contribution >= 0.6 is 0 Å². The lowest BCUT2D eigenvalue weighted by Crippen LogP contribution is -2.21. The van der Waals surface area contributed by atoms with Crippen LogP contribution in [0.2, 0.25) is 0 Å². The highest BCUT2D eigenvalue weighted by Gasteiger charge is 2.19. The Morgan fingerprint density at radius 1 is 1.05 bits per heavy atom. The van der Waals surface area contributed by atoms with Gasteiger partial charge >= 0.3 is 0 Å². The fraction of sp³-hybridized carbons (Fsp3) is 0.179. The number of aromatic amines is 1. The van der Waals surface area contributed by atoms with E-state index in [1.54, 1.807) is 47.8 Å². The van der Waals surface area contributed by atoms with Gasteiger partial charge in [-0.2, -0.15) is 5.10 Å². The fourth-order valence-electron chi connectivity index (χ4n) is 4.81. The van der Waals surface area contributed by atoms with E-state index in [1.807, 2.05) is 30.5 Å². The number of pyridine rings is 1. The number of ether oxygens (including phenoxy) is 2. The van der Waals surface area contributed by atoms with Gasteiger partial charge in [-0.15, -0.1) is 0 Å². The van der Waals surface area contributed by atoms with Gasteiger partial charge in [0, 0.05) is 43.1 Å². The standard InChI is InChI=1S/C28H24FN5O3/c1-36-16-24-26(17-3-5-19(29)6-4-17)27-31-15-22-25(34(27)32-24)10-12-33(28(22)35)11-9-18-14-30-23-8-7-20(37-2)13-21(18)23/h3-8,10,12-15,30H,9,11,16H2,1-2H3. The second-order valence-electron chi connectivity index (χ2n) is 8.84. The Morgan fingerprint density at radius 2 is 1.89 bits per heavy atom. The number of methoxy groups -OCH3 is 2. The van der Waals surface area contributed by atoms with Crippen molar-refractivity contribution in [2.45, 2.75) is 19.6 Å². The van der Waals surface area contributed by atoms with Crippen molar-refractivity contribution in [2.24, 2.45) is 0 Å². The highest BCUT2D eigenvalue weighted by atomic mass is 19.1. The number of benzene rings is 2. The van der Waals surface area contributed by atoms with Crippen molar-refractivity contribution in [3.05, 3.63) is 94.5 Å². The first-order chi connectivity index (χ1) is 18.1. The second-order valence-corrected chi connectivity index (χ2v) is 8.84. The normalized spacial score (nSPS) is 11.6. The number of hydrogen-bond donors (Lipinski definition) is 1. The lowest BCUT2D eigenvalue weighted by molar-refractivity contribution is 0.181. The van der Waals surface area contributed by atoms with Crippen molar-refractivity contribution < 1.29 is 13.9 Å². The molecular weight excluding hydrogens is 473 g/mol. The molecular formula is C28H24FN5O3. The summed E-state index contributed by atoms with van der Waals surface area (Å²) in [5.41, 5.74) is 5.40. The summed E-state index contributed by atoms with van der Waals surface area (Å²) in [7, 11) is 3.24. The minimum Gasteiger partial charge on any atom is -0.497 e. The molecule has 0 radical (unpaired) electrons. The van der Waals surface area contributed by atoms with Crippen molar-refractivity contribution >= 4 is 27.5 Å². The SMILES string of the molecule is COCc1nn2c(ncc3c(=O)n(CCc4c[nH]c5ccc(OC)cc45)ccc32)c1-c1ccc(F)cc1. The van der Waals surface area contributed by atoms with E-state index < -0.39 is 0 Å². The Morgan fingerprint density at radius 3 is 2.68 bits per heavy atom. The van der Waals surface area contributed by atoms with Crippen LogP contribution in [0.4, 0.5) is 4.39 Å². The number of fused-ring (bicyclic) bond motifs is 4. The number of hydrogen-bond acceptors (Lipinski definition) is 5. The number of aromatic nitrogens is 5. The summed E-state index contributed by atoms with van der Waals surface area (Å²) >= 11 is 0. The Labute approximate surface area is 210 Å². The average Bonchev–Trinajstić information content (AvgIpc) is 3.49. The van der Waals surface area contributed by atoms with E-state index in [0.29, 0.717) is 35.2 Å². The first-order valence-electron chi connectivity index (χ1n) is 11.9. The molecule has 37 heavy (non-hydrogen) atoms. The summed E-state index contributed by atoms with van der Waals surface area (Å²) < 4.78 is 27.6. The lowest BCUT2D eigenvalue weighted by Gasteiger charge is -2.08. The maximum atomic E-state index is 13.5. The summed E-state index contributed by atoms with van der Waals surface area (Å²) in [6.07, 6.45) is 6.02. The van der Waals surface area contributed by atoms with Gasteiger partial charge < -0.3 is 19.0 Å². The van der Waals surface area contributed by atoms with E-state index in [0.717, 1.165) is 33.3 Å². The molecule has 0 aliphatic carbocycles. The molecule has 0 amide bonds. The molecule has 1 N–H and O–H groups in total. The molecule has 8 nitrogen and oxygen atoms in total. The number of H-pyrrole nitrogens is 1. The predicted molar refractivity (Wildman–Crippen MR) is 139 cm³/mol. The molecule has 6 aromatic rings. The maximum absolute atomic E-state index is 13.5. The van der Waals surface area contributed by atoms with Crippen LogP contribution in [0.25, 0.3) is 38.6 Å². The Bertz CT molecular complexity index is 1820. The molecule has 0 unspecified atom stereocenters. The molecule has 2 aromatic carbocycles. The van der Waals surface area contributed by atoms with Gasteiger partial charge in [-0.3, -0.25) is 4.79 Å². The van der Waals surface area contributed by atoms with E-state index >= 15 is 0 Å². The third kappa shape index (κ3) is 3.93. The molecule has 9 heteroatoms. The topological polar surface area (TPSA) is 86.4 Å².